The second-order valence-electron chi connectivity index (χ2n) is 4.53. The molecule has 0 unspecified atom stereocenters. The number of fused-ring (bicyclic) bond motifs is 2. The number of ketones is 1. The van der Waals surface area contributed by atoms with Crippen molar-refractivity contribution < 1.29 is 14.3 Å². The third-order valence-corrected chi connectivity index (χ3v) is 3.16. The molecule has 0 saturated carbocycles. The summed E-state index contributed by atoms with van der Waals surface area (Å²) < 4.78 is 4.91. The molecule has 3 rings (SSSR count). The Labute approximate surface area is 121 Å². The molecule has 21 heavy (non-hydrogen) atoms. The lowest BCUT2D eigenvalue weighted by Crippen LogP contribution is -2.06. The summed E-state index contributed by atoms with van der Waals surface area (Å²) in [6, 6.07) is 11.6. The number of azo groups is 1. The Balaban J connectivity index is 1.86. The minimum Gasteiger partial charge on any atom is -0.462 e. The summed E-state index contributed by atoms with van der Waals surface area (Å²) in [6.45, 7) is 2.07. The van der Waals surface area contributed by atoms with Crippen molar-refractivity contribution in [3.63, 3.8) is 0 Å². The van der Waals surface area contributed by atoms with Crippen molar-refractivity contribution in [1.29, 1.82) is 0 Å². The van der Waals surface area contributed by atoms with Gasteiger partial charge >= 0.3 is 5.97 Å². The molecule has 5 nitrogen and oxygen atoms in total. The third-order valence-electron chi connectivity index (χ3n) is 3.16. The molecule has 5 heteroatoms. The van der Waals surface area contributed by atoms with Crippen LogP contribution < -0.4 is 0 Å². The predicted octanol–water partition coefficient (Wildman–Crippen LogP) is 3.82. The monoisotopic (exact) mass is 280 g/mol. The lowest BCUT2D eigenvalue weighted by molar-refractivity contribution is 0.0526. The van der Waals surface area contributed by atoms with Gasteiger partial charge in [-0.1, -0.05) is 12.1 Å². The maximum Gasteiger partial charge on any atom is 0.338 e. The zero-order valence-electron chi connectivity index (χ0n) is 11.4. The maximum atomic E-state index is 12.4. The molecule has 0 N–H and O–H groups in total. The van der Waals surface area contributed by atoms with Crippen LogP contribution >= 0.6 is 0 Å². The van der Waals surface area contributed by atoms with Gasteiger partial charge in [-0.3, -0.25) is 4.79 Å². The van der Waals surface area contributed by atoms with E-state index in [1.165, 1.54) is 0 Å². The van der Waals surface area contributed by atoms with E-state index in [1.54, 1.807) is 49.4 Å². The molecule has 0 aliphatic carbocycles. The fraction of sp³-hybridized carbons (Fsp3) is 0.125. The first kappa shape index (κ1) is 13.2. The van der Waals surface area contributed by atoms with E-state index in [4.69, 9.17) is 4.74 Å². The van der Waals surface area contributed by atoms with Crippen LogP contribution in [0, 0.1) is 0 Å². The van der Waals surface area contributed by atoms with Gasteiger partial charge in [-0.15, -0.1) is 5.11 Å². The zero-order chi connectivity index (χ0) is 14.8. The molecular formula is C16H12N2O3. The molecule has 0 amide bonds. The van der Waals surface area contributed by atoms with Crippen LogP contribution in [-0.4, -0.2) is 18.4 Å². The van der Waals surface area contributed by atoms with Crippen molar-refractivity contribution in [1.82, 2.24) is 0 Å². The highest BCUT2D eigenvalue weighted by atomic mass is 16.5. The third kappa shape index (κ3) is 2.45. The van der Waals surface area contributed by atoms with E-state index in [2.05, 4.69) is 10.2 Å². The summed E-state index contributed by atoms with van der Waals surface area (Å²) in [5.41, 5.74) is 2.75. The Morgan fingerprint density at radius 2 is 1.71 bits per heavy atom. The first-order chi connectivity index (χ1) is 10.2. The number of hydrogen-bond donors (Lipinski definition) is 0. The standard InChI is InChI=1S/C16H12N2O3/c1-2-21-16(20)11-5-3-10(4-6-11)15(19)13-8-7-12-9-14(13)18-17-12/h3-9H,2H2,1H3. The number of rotatable bonds is 4. The smallest absolute Gasteiger partial charge is 0.338 e. The van der Waals surface area contributed by atoms with Crippen molar-refractivity contribution in [3.05, 3.63) is 59.2 Å². The molecule has 104 valence electrons. The molecule has 1 heterocycles. The van der Waals surface area contributed by atoms with Crippen LogP contribution in [0.15, 0.2) is 52.7 Å². The normalized spacial score (nSPS) is 11.5. The average Bonchev–Trinajstić information content (AvgIpc) is 2.88. The molecule has 2 bridgehead atoms. The molecule has 2 aromatic carbocycles. The second kappa shape index (κ2) is 5.28. The summed E-state index contributed by atoms with van der Waals surface area (Å²) in [4.78, 5) is 24.0. The van der Waals surface area contributed by atoms with Crippen LogP contribution in [-0.2, 0) is 4.74 Å². The Morgan fingerprint density at radius 1 is 1.00 bits per heavy atom. The van der Waals surface area contributed by atoms with Crippen LogP contribution in [0.25, 0.3) is 0 Å². The van der Waals surface area contributed by atoms with E-state index in [9.17, 15) is 9.59 Å². The summed E-state index contributed by atoms with van der Waals surface area (Å²) in [5.74, 6) is -0.541. The van der Waals surface area contributed by atoms with Gasteiger partial charge in [0.25, 0.3) is 0 Å². The lowest BCUT2D eigenvalue weighted by atomic mass is 10.0. The van der Waals surface area contributed by atoms with Crippen molar-refractivity contribution in [2.75, 3.05) is 6.61 Å². The molecule has 0 fully saturated rings. The first-order valence-electron chi connectivity index (χ1n) is 6.56. The van der Waals surface area contributed by atoms with Gasteiger partial charge in [0.15, 0.2) is 5.78 Å². The molecule has 0 radical (unpaired) electrons. The summed E-state index contributed by atoms with van der Waals surface area (Å²) in [6.07, 6.45) is 0. The van der Waals surface area contributed by atoms with Crippen LogP contribution in [0.2, 0.25) is 0 Å². The van der Waals surface area contributed by atoms with Gasteiger partial charge in [-0.25, -0.2) is 4.79 Å². The van der Waals surface area contributed by atoms with Crippen LogP contribution in [0.3, 0.4) is 0 Å². The number of benzene rings is 2. The van der Waals surface area contributed by atoms with Gasteiger partial charge in [0.2, 0.25) is 0 Å². The van der Waals surface area contributed by atoms with Gasteiger partial charge in [0, 0.05) is 5.56 Å². The minimum atomic E-state index is -0.395. The molecule has 0 spiro atoms. The van der Waals surface area contributed by atoms with Gasteiger partial charge in [0.05, 0.1) is 29.1 Å². The van der Waals surface area contributed by atoms with E-state index < -0.39 is 5.97 Å². The first-order valence-corrected chi connectivity index (χ1v) is 6.56. The molecule has 2 aromatic rings. The van der Waals surface area contributed by atoms with E-state index in [-0.39, 0.29) is 5.78 Å². The second-order valence-corrected chi connectivity index (χ2v) is 4.53. The number of carbonyl (C=O) groups excluding carboxylic acids is 2. The number of ether oxygens (including phenoxy) is 1. The summed E-state index contributed by atoms with van der Waals surface area (Å²) in [5, 5.41) is 7.86. The fourth-order valence-corrected chi connectivity index (χ4v) is 2.10. The maximum absolute atomic E-state index is 12.4. The van der Waals surface area contributed by atoms with Crippen molar-refractivity contribution in [2.45, 2.75) is 6.92 Å². The van der Waals surface area contributed by atoms with E-state index in [0.29, 0.717) is 29.0 Å². The summed E-state index contributed by atoms with van der Waals surface area (Å²) >= 11 is 0. The van der Waals surface area contributed by atoms with E-state index in [1.807, 2.05) is 0 Å². The van der Waals surface area contributed by atoms with Crippen molar-refractivity contribution >= 4 is 23.1 Å². The van der Waals surface area contributed by atoms with E-state index >= 15 is 0 Å². The molecule has 0 saturated heterocycles. The van der Waals surface area contributed by atoms with Gasteiger partial charge in [0.1, 0.15) is 0 Å². The quantitative estimate of drug-likeness (QED) is 0.539. The van der Waals surface area contributed by atoms with Crippen LogP contribution in [0.5, 0.6) is 0 Å². The molecular weight excluding hydrogens is 268 g/mol. The highest BCUT2D eigenvalue weighted by Gasteiger charge is 2.17. The largest absolute Gasteiger partial charge is 0.462 e. The Kier molecular flexibility index (Phi) is 3.31. The molecule has 1 aliphatic heterocycles. The SMILES string of the molecule is CCOC(=O)c1ccc(C(=O)c2ccc3cc2N=N3)cc1. The van der Waals surface area contributed by atoms with Gasteiger partial charge < -0.3 is 4.74 Å². The molecule has 0 aromatic heterocycles. The Hall–Kier alpha value is -2.82. The van der Waals surface area contributed by atoms with E-state index in [0.717, 1.165) is 5.69 Å². The zero-order valence-corrected chi connectivity index (χ0v) is 11.4. The Bertz CT molecular complexity index is 749. The van der Waals surface area contributed by atoms with Crippen LogP contribution in [0.4, 0.5) is 11.4 Å². The highest BCUT2D eigenvalue weighted by Crippen LogP contribution is 2.33. The number of esters is 1. The Morgan fingerprint density at radius 3 is 2.43 bits per heavy atom. The highest BCUT2D eigenvalue weighted by molar-refractivity contribution is 6.12. The van der Waals surface area contributed by atoms with Crippen molar-refractivity contribution in [3.8, 4) is 0 Å². The number of carbonyl (C=O) groups is 2. The topological polar surface area (TPSA) is 68.1 Å². The molecule has 0 atom stereocenters. The van der Waals surface area contributed by atoms with Gasteiger partial charge in [-0.2, -0.15) is 5.11 Å². The summed E-state index contributed by atoms with van der Waals surface area (Å²) in [7, 11) is 0. The minimum absolute atomic E-state index is 0.146. The number of nitrogens with zero attached hydrogens (tertiary/aromatic N) is 2. The van der Waals surface area contributed by atoms with Crippen LogP contribution in [0.1, 0.15) is 33.2 Å². The predicted molar refractivity (Wildman–Crippen MR) is 76.4 cm³/mol. The lowest BCUT2D eigenvalue weighted by Gasteiger charge is -2.04. The fourth-order valence-electron chi connectivity index (χ4n) is 2.10. The van der Waals surface area contributed by atoms with Gasteiger partial charge in [-0.05, 0) is 37.3 Å². The number of hydrogen-bond acceptors (Lipinski definition) is 5. The van der Waals surface area contributed by atoms with Crippen molar-refractivity contribution in [2.24, 2.45) is 10.2 Å². The average molecular weight is 280 g/mol. The molecule has 1 aliphatic rings.